The third kappa shape index (κ3) is 3.56. The number of amides is 2. The lowest BCUT2D eigenvalue weighted by molar-refractivity contribution is 0.0692. The van der Waals surface area contributed by atoms with Crippen LogP contribution in [0.15, 0.2) is 24.5 Å². The number of nitrogens with one attached hydrogen (secondary N) is 1. The predicted molar refractivity (Wildman–Crippen MR) is 113 cm³/mol. The van der Waals surface area contributed by atoms with Crippen molar-refractivity contribution in [3.8, 4) is 10.7 Å². The molecule has 3 N–H and O–H groups in total. The van der Waals surface area contributed by atoms with Crippen LogP contribution in [0.4, 0.5) is 10.6 Å². The first-order valence-corrected chi connectivity index (χ1v) is 10.8. The largest absolute Gasteiger partial charge is 0.328 e. The highest BCUT2D eigenvalue weighted by Gasteiger charge is 2.39. The minimum absolute atomic E-state index is 0.0764. The number of carbonyl (C=O) groups excluding carboxylic acids is 1. The molecule has 2 fully saturated rings. The van der Waals surface area contributed by atoms with E-state index in [-0.39, 0.29) is 24.2 Å². The highest BCUT2D eigenvalue weighted by Crippen LogP contribution is 2.34. The van der Waals surface area contributed by atoms with E-state index in [2.05, 4.69) is 25.5 Å². The fourth-order valence-electron chi connectivity index (χ4n) is 4.55. The summed E-state index contributed by atoms with van der Waals surface area (Å²) >= 11 is 1.51. The Morgan fingerprint density at radius 1 is 1.14 bits per heavy atom. The Hall–Kier alpha value is -2.65. The molecule has 5 heterocycles. The first kappa shape index (κ1) is 18.4. The molecule has 0 radical (unpaired) electrons. The second kappa shape index (κ2) is 7.31. The SMILES string of the molecule is Cc1nnc(-c2cc3cc(NC(=O)N4C5CCC[C@H]4CC(N)C5)ncc3cn2)s1. The van der Waals surface area contributed by atoms with Gasteiger partial charge in [0.2, 0.25) is 0 Å². The molecule has 2 bridgehead atoms. The summed E-state index contributed by atoms with van der Waals surface area (Å²) in [4.78, 5) is 23.9. The van der Waals surface area contributed by atoms with Gasteiger partial charge >= 0.3 is 6.03 Å². The molecule has 2 aliphatic heterocycles. The molecule has 0 saturated carbocycles. The van der Waals surface area contributed by atoms with Crippen LogP contribution in [-0.4, -0.2) is 49.2 Å². The van der Waals surface area contributed by atoms with E-state index in [1.807, 2.05) is 24.0 Å². The number of anilines is 1. The number of pyridine rings is 2. The zero-order valence-corrected chi connectivity index (χ0v) is 17.0. The number of hydrogen-bond acceptors (Lipinski definition) is 7. The number of piperidine rings is 2. The van der Waals surface area contributed by atoms with E-state index < -0.39 is 0 Å². The summed E-state index contributed by atoms with van der Waals surface area (Å²) < 4.78 is 0. The van der Waals surface area contributed by atoms with Gasteiger partial charge in [0.1, 0.15) is 16.5 Å². The monoisotopic (exact) mass is 409 g/mol. The van der Waals surface area contributed by atoms with E-state index in [1.165, 1.54) is 17.8 Å². The summed E-state index contributed by atoms with van der Waals surface area (Å²) in [5.74, 6) is 0.543. The maximum Gasteiger partial charge on any atom is 0.323 e. The van der Waals surface area contributed by atoms with E-state index >= 15 is 0 Å². The van der Waals surface area contributed by atoms with E-state index in [4.69, 9.17) is 5.73 Å². The molecule has 2 unspecified atom stereocenters. The van der Waals surface area contributed by atoms with E-state index in [1.54, 1.807) is 12.4 Å². The fourth-order valence-corrected chi connectivity index (χ4v) is 5.21. The Morgan fingerprint density at radius 3 is 2.62 bits per heavy atom. The average molecular weight is 410 g/mol. The molecular weight excluding hydrogens is 386 g/mol. The van der Waals surface area contributed by atoms with Gasteiger partial charge in [-0.2, -0.15) is 0 Å². The number of nitrogens with two attached hydrogens (primary N) is 1. The van der Waals surface area contributed by atoms with Gasteiger partial charge in [0.05, 0.1) is 0 Å². The number of hydrogen-bond donors (Lipinski definition) is 2. The molecule has 3 aromatic heterocycles. The summed E-state index contributed by atoms with van der Waals surface area (Å²) in [5.41, 5.74) is 6.95. The second-order valence-electron chi connectivity index (χ2n) is 7.92. The highest BCUT2D eigenvalue weighted by molar-refractivity contribution is 7.14. The lowest BCUT2D eigenvalue weighted by Crippen LogP contribution is -2.58. The standard InChI is InChI=1S/C20H23N7OS/c1-11-25-26-19(29-11)17-5-12-6-18(23-10-13(12)9-22-17)24-20(28)27-15-3-2-4-16(27)8-14(21)7-15/h5-6,9-10,14-16H,2-4,7-8,21H2,1H3,(H,23,24,28)/t14?,15-,16?/m0/s1. The molecule has 0 aromatic carbocycles. The quantitative estimate of drug-likeness (QED) is 0.672. The molecule has 2 amide bonds. The summed E-state index contributed by atoms with van der Waals surface area (Å²) in [6, 6.07) is 4.43. The molecule has 3 aromatic rings. The van der Waals surface area contributed by atoms with Crippen molar-refractivity contribution in [3.63, 3.8) is 0 Å². The number of urea groups is 1. The van der Waals surface area contributed by atoms with Gasteiger partial charge in [-0.3, -0.25) is 10.3 Å². The molecule has 9 heteroatoms. The lowest BCUT2D eigenvalue weighted by atomic mass is 9.82. The topological polar surface area (TPSA) is 110 Å². The molecular formula is C20H23N7OS. The Bertz CT molecular complexity index is 1050. The van der Waals surface area contributed by atoms with E-state index in [0.29, 0.717) is 5.82 Å². The first-order valence-electron chi connectivity index (χ1n) is 9.98. The zero-order valence-electron chi connectivity index (χ0n) is 16.2. The van der Waals surface area contributed by atoms with Gasteiger partial charge in [0.25, 0.3) is 0 Å². The molecule has 5 rings (SSSR count). The number of rotatable bonds is 2. The van der Waals surface area contributed by atoms with Crippen molar-refractivity contribution in [1.29, 1.82) is 0 Å². The molecule has 0 spiro atoms. The molecule has 0 aliphatic carbocycles. The van der Waals surface area contributed by atoms with Crippen molar-refractivity contribution in [3.05, 3.63) is 29.5 Å². The Balaban J connectivity index is 1.39. The van der Waals surface area contributed by atoms with Crippen LogP contribution in [0.5, 0.6) is 0 Å². The van der Waals surface area contributed by atoms with Crippen molar-refractivity contribution in [2.24, 2.45) is 5.73 Å². The van der Waals surface area contributed by atoms with Gasteiger partial charge in [-0.1, -0.05) is 11.3 Å². The van der Waals surface area contributed by atoms with Crippen LogP contribution in [0.25, 0.3) is 21.5 Å². The summed E-state index contributed by atoms with van der Waals surface area (Å²) in [6.45, 7) is 1.92. The Kier molecular flexibility index (Phi) is 4.63. The Labute approximate surface area is 172 Å². The first-order chi connectivity index (χ1) is 14.1. The van der Waals surface area contributed by atoms with Gasteiger partial charge < -0.3 is 10.6 Å². The third-order valence-electron chi connectivity index (χ3n) is 5.83. The minimum Gasteiger partial charge on any atom is -0.328 e. The molecule has 29 heavy (non-hydrogen) atoms. The lowest BCUT2D eigenvalue weighted by Gasteiger charge is -2.47. The maximum absolute atomic E-state index is 13.0. The van der Waals surface area contributed by atoms with Gasteiger partial charge in [-0.15, -0.1) is 10.2 Å². The maximum atomic E-state index is 13.0. The van der Waals surface area contributed by atoms with Crippen molar-refractivity contribution >= 4 is 34.0 Å². The summed E-state index contributed by atoms with van der Waals surface area (Å²) in [6.07, 6.45) is 8.49. The van der Waals surface area contributed by atoms with Crippen LogP contribution in [-0.2, 0) is 0 Å². The zero-order chi connectivity index (χ0) is 20.0. The number of aryl methyl sites for hydroxylation is 1. The van der Waals surface area contributed by atoms with E-state index in [9.17, 15) is 4.79 Å². The predicted octanol–water partition coefficient (Wildman–Crippen LogP) is 3.33. The third-order valence-corrected chi connectivity index (χ3v) is 6.69. The van der Waals surface area contributed by atoms with Crippen LogP contribution < -0.4 is 11.1 Å². The van der Waals surface area contributed by atoms with Gasteiger partial charge in [-0.05, 0) is 56.5 Å². The molecule has 2 saturated heterocycles. The van der Waals surface area contributed by atoms with Crippen LogP contribution in [0.1, 0.15) is 37.1 Å². The number of fused-ring (bicyclic) bond motifs is 3. The summed E-state index contributed by atoms with van der Waals surface area (Å²) in [7, 11) is 0. The van der Waals surface area contributed by atoms with Gasteiger partial charge in [0.15, 0.2) is 5.01 Å². The number of aromatic nitrogens is 4. The smallest absolute Gasteiger partial charge is 0.323 e. The van der Waals surface area contributed by atoms with Crippen molar-refractivity contribution in [2.75, 3.05) is 5.32 Å². The molecule has 8 nitrogen and oxygen atoms in total. The Morgan fingerprint density at radius 2 is 1.90 bits per heavy atom. The average Bonchev–Trinajstić information content (AvgIpc) is 3.13. The van der Waals surface area contributed by atoms with Crippen LogP contribution >= 0.6 is 11.3 Å². The molecule has 2 aliphatic rings. The summed E-state index contributed by atoms with van der Waals surface area (Å²) in [5, 5.41) is 14.8. The van der Waals surface area contributed by atoms with Crippen LogP contribution in [0.2, 0.25) is 0 Å². The van der Waals surface area contributed by atoms with Crippen molar-refractivity contribution in [2.45, 2.75) is 57.2 Å². The minimum atomic E-state index is -0.0764. The normalized spacial score (nSPS) is 23.9. The second-order valence-corrected chi connectivity index (χ2v) is 9.10. The highest BCUT2D eigenvalue weighted by atomic mass is 32.1. The van der Waals surface area contributed by atoms with Crippen molar-refractivity contribution in [1.82, 2.24) is 25.1 Å². The van der Waals surface area contributed by atoms with Gasteiger partial charge in [0, 0.05) is 35.9 Å². The molecule has 150 valence electrons. The van der Waals surface area contributed by atoms with E-state index in [0.717, 1.165) is 52.2 Å². The number of nitrogens with zero attached hydrogens (tertiary/aromatic N) is 5. The van der Waals surface area contributed by atoms with Crippen molar-refractivity contribution < 1.29 is 4.79 Å². The van der Waals surface area contributed by atoms with Crippen LogP contribution in [0.3, 0.4) is 0 Å². The molecule has 3 atom stereocenters. The fraction of sp³-hybridized carbons (Fsp3) is 0.450. The van der Waals surface area contributed by atoms with Gasteiger partial charge in [-0.25, -0.2) is 9.78 Å². The van der Waals surface area contributed by atoms with Crippen LogP contribution in [0, 0.1) is 6.92 Å². The number of carbonyl (C=O) groups is 1.